The van der Waals surface area contributed by atoms with Crippen LogP contribution in [-0.4, -0.2) is 97.5 Å². The van der Waals surface area contributed by atoms with Crippen molar-refractivity contribution in [3.63, 3.8) is 0 Å². The van der Waals surface area contributed by atoms with Crippen molar-refractivity contribution in [1.29, 1.82) is 0 Å². The number of allylic oxidation sites excluding steroid dienone is 4. The van der Waals surface area contributed by atoms with Gasteiger partial charge in [-0.3, -0.25) is 9.35 Å². The largest absolute Gasteiger partial charge is 0.457 e. The summed E-state index contributed by atoms with van der Waals surface area (Å²) in [7, 11) is -5.06. The number of aliphatic hydroxyl groups excluding tert-OH is 3. The first-order chi connectivity index (χ1) is 27.6. The van der Waals surface area contributed by atoms with Gasteiger partial charge in [0, 0.05) is 13.0 Å². The van der Waals surface area contributed by atoms with Gasteiger partial charge in [0.05, 0.1) is 19.8 Å². The molecule has 1 saturated heterocycles. The average Bonchev–Trinajstić information content (AvgIpc) is 3.18. The fourth-order valence-corrected chi connectivity index (χ4v) is 7.39. The van der Waals surface area contributed by atoms with Gasteiger partial charge in [0.25, 0.3) is 0 Å². The van der Waals surface area contributed by atoms with Gasteiger partial charge in [-0.25, -0.2) is 4.18 Å². The Balaban J connectivity index is 2.44. The molecule has 13 heteroatoms. The molecule has 0 aliphatic carbocycles. The third kappa shape index (κ3) is 30.3. The summed E-state index contributed by atoms with van der Waals surface area (Å²) in [4.78, 5) is 12.8. The van der Waals surface area contributed by atoms with Gasteiger partial charge in [-0.2, -0.15) is 8.42 Å². The van der Waals surface area contributed by atoms with Crippen molar-refractivity contribution in [3.05, 3.63) is 24.3 Å². The number of carbonyl (C=O) groups excluding carboxylic acids is 1. The molecule has 0 aromatic carbocycles. The number of rotatable bonds is 39. The second-order valence-corrected chi connectivity index (χ2v) is 16.7. The summed E-state index contributed by atoms with van der Waals surface area (Å²) in [6.45, 7) is 3.97. The molecule has 0 amide bonds. The van der Waals surface area contributed by atoms with Crippen LogP contribution in [-0.2, 0) is 38.3 Å². The predicted octanol–water partition coefficient (Wildman–Crippen LogP) is 9.24. The normalized spacial score (nSPS) is 20.8. The summed E-state index contributed by atoms with van der Waals surface area (Å²) in [6, 6.07) is 0. The van der Waals surface area contributed by atoms with Crippen LogP contribution in [0.2, 0.25) is 0 Å². The molecule has 0 aromatic rings. The van der Waals surface area contributed by atoms with Crippen molar-refractivity contribution in [2.24, 2.45) is 0 Å². The third-order valence-electron chi connectivity index (χ3n) is 10.3. The minimum absolute atomic E-state index is 0.0340. The van der Waals surface area contributed by atoms with E-state index in [1.54, 1.807) is 0 Å². The van der Waals surface area contributed by atoms with Crippen LogP contribution >= 0.6 is 0 Å². The van der Waals surface area contributed by atoms with Gasteiger partial charge in [-0.1, -0.05) is 160 Å². The molecule has 12 nitrogen and oxygen atoms in total. The van der Waals surface area contributed by atoms with Crippen molar-refractivity contribution in [3.8, 4) is 0 Å². The molecule has 1 aliphatic heterocycles. The fraction of sp³-hybridized carbons (Fsp3) is 0.886. The van der Waals surface area contributed by atoms with Crippen LogP contribution in [0, 0.1) is 0 Å². The summed E-state index contributed by atoms with van der Waals surface area (Å²) < 4.78 is 59.0. The van der Waals surface area contributed by atoms with E-state index in [-0.39, 0.29) is 19.6 Å². The Morgan fingerprint density at radius 1 is 0.667 bits per heavy atom. The number of aliphatic hydroxyl groups is 3. The quantitative estimate of drug-likeness (QED) is 0.0200. The molecule has 57 heavy (non-hydrogen) atoms. The fourth-order valence-electron chi connectivity index (χ4n) is 6.88. The van der Waals surface area contributed by atoms with E-state index in [9.17, 15) is 28.5 Å². The van der Waals surface area contributed by atoms with Crippen LogP contribution < -0.4 is 0 Å². The number of hydrogen-bond donors (Lipinski definition) is 4. The van der Waals surface area contributed by atoms with E-state index < -0.39 is 59.8 Å². The third-order valence-corrected chi connectivity index (χ3v) is 10.8. The molecule has 1 heterocycles. The summed E-state index contributed by atoms with van der Waals surface area (Å²) in [6.07, 6.45) is 30.6. The zero-order valence-electron chi connectivity index (χ0n) is 35.7. The van der Waals surface area contributed by atoms with Gasteiger partial charge in [-0.15, -0.1) is 0 Å². The zero-order valence-corrected chi connectivity index (χ0v) is 36.5. The summed E-state index contributed by atoms with van der Waals surface area (Å²) in [5.74, 6) is -0.411. The van der Waals surface area contributed by atoms with E-state index >= 15 is 0 Å². The number of unbranched alkanes of at least 4 members (excludes halogenated alkanes) is 22. The maximum Gasteiger partial charge on any atom is 0.397 e. The van der Waals surface area contributed by atoms with Gasteiger partial charge in [0.15, 0.2) is 6.29 Å². The topological polar surface area (TPSA) is 178 Å². The highest BCUT2D eigenvalue weighted by Gasteiger charge is 2.48. The molecular formula is C44H82O12S. The number of hydrogen-bond acceptors (Lipinski definition) is 11. The van der Waals surface area contributed by atoms with Gasteiger partial charge in [-0.05, 0) is 44.9 Å². The number of ether oxygens (including phenoxy) is 4. The first-order valence-corrected chi connectivity index (χ1v) is 24.0. The van der Waals surface area contributed by atoms with Crippen molar-refractivity contribution >= 4 is 16.4 Å². The Bertz CT molecular complexity index is 1100. The monoisotopic (exact) mass is 835 g/mol. The van der Waals surface area contributed by atoms with Crippen LogP contribution in [0.1, 0.15) is 187 Å². The van der Waals surface area contributed by atoms with E-state index in [0.717, 1.165) is 57.8 Å². The highest BCUT2D eigenvalue weighted by Crippen LogP contribution is 2.26. The molecule has 0 aromatic heterocycles. The van der Waals surface area contributed by atoms with E-state index in [1.165, 1.54) is 103 Å². The van der Waals surface area contributed by atoms with Gasteiger partial charge in [0.2, 0.25) is 0 Å². The molecule has 0 radical (unpaired) electrons. The first-order valence-electron chi connectivity index (χ1n) is 22.6. The predicted molar refractivity (Wildman–Crippen MR) is 225 cm³/mol. The summed E-state index contributed by atoms with van der Waals surface area (Å²) >= 11 is 0. The van der Waals surface area contributed by atoms with Crippen molar-refractivity contribution in [2.45, 2.75) is 224 Å². The Morgan fingerprint density at radius 3 is 1.68 bits per heavy atom. The summed E-state index contributed by atoms with van der Waals surface area (Å²) in [5.41, 5.74) is 0. The molecule has 4 N–H and O–H groups in total. The molecule has 6 unspecified atom stereocenters. The summed E-state index contributed by atoms with van der Waals surface area (Å²) in [5, 5.41) is 30.6. The second-order valence-electron chi connectivity index (χ2n) is 15.6. The first kappa shape index (κ1) is 53.6. The van der Waals surface area contributed by atoms with E-state index in [0.29, 0.717) is 13.0 Å². The minimum atomic E-state index is -5.06. The van der Waals surface area contributed by atoms with Crippen molar-refractivity contribution < 1.29 is 56.2 Å². The Labute approximate surface area is 346 Å². The van der Waals surface area contributed by atoms with Gasteiger partial charge >= 0.3 is 16.4 Å². The van der Waals surface area contributed by atoms with Crippen LogP contribution in [0.3, 0.4) is 0 Å². The van der Waals surface area contributed by atoms with E-state index in [2.05, 4.69) is 42.3 Å². The smallest absolute Gasteiger partial charge is 0.397 e. The van der Waals surface area contributed by atoms with Gasteiger partial charge in [0.1, 0.15) is 30.5 Å². The average molecular weight is 835 g/mol. The lowest BCUT2D eigenvalue weighted by molar-refractivity contribution is -0.301. The number of esters is 1. The molecule has 1 fully saturated rings. The maximum atomic E-state index is 12.8. The standard InChI is InChI=1S/C44H82O12S/c1-3-5-7-9-11-13-15-17-19-20-21-23-25-27-29-31-33-40(46)54-38(36-52-34-32-30-28-26-24-22-18-16-14-12-10-8-6-4-2)37-53-44-42(48)43(56-57(49,50)51)41(47)39(35-45)55-44/h13,15,19-20,38-39,41-45,47-48H,3-12,14,16-18,21-37H2,1-2H3,(H,49,50,51)/b15-13-,20-19-. The zero-order chi connectivity index (χ0) is 41.8. The number of carbonyl (C=O) groups is 1. The molecule has 1 rings (SSSR count). The minimum Gasteiger partial charge on any atom is -0.457 e. The van der Waals surface area contributed by atoms with E-state index in [4.69, 9.17) is 23.5 Å². The van der Waals surface area contributed by atoms with E-state index in [1.807, 2.05) is 0 Å². The lowest BCUT2D eigenvalue weighted by atomic mass is 9.99. The van der Waals surface area contributed by atoms with Crippen LogP contribution in [0.4, 0.5) is 0 Å². The lowest BCUT2D eigenvalue weighted by Crippen LogP contribution is -2.60. The van der Waals surface area contributed by atoms with Crippen molar-refractivity contribution in [2.75, 3.05) is 26.4 Å². The molecule has 336 valence electrons. The van der Waals surface area contributed by atoms with Gasteiger partial charge < -0.3 is 34.3 Å². The van der Waals surface area contributed by atoms with Crippen molar-refractivity contribution in [1.82, 2.24) is 0 Å². The highest BCUT2D eigenvalue weighted by molar-refractivity contribution is 7.80. The molecule has 1 aliphatic rings. The van der Waals surface area contributed by atoms with Crippen LogP contribution in [0.25, 0.3) is 0 Å². The molecular weight excluding hydrogens is 753 g/mol. The second kappa shape index (κ2) is 36.4. The lowest BCUT2D eigenvalue weighted by Gasteiger charge is -2.41. The molecule has 0 bridgehead atoms. The Kier molecular flexibility index (Phi) is 34.3. The molecule has 0 saturated carbocycles. The highest BCUT2D eigenvalue weighted by atomic mass is 32.3. The SMILES string of the molecule is CCCCCC/C=C\C/C=C\CCCCCCCC(=O)OC(COCCCCCCCCCCCCCCCC)COC1OC(CO)C(O)C(OS(=O)(=O)O)C1O. The maximum absolute atomic E-state index is 12.8. The Morgan fingerprint density at radius 2 is 1.16 bits per heavy atom. The molecule has 0 spiro atoms. The molecule has 6 atom stereocenters. The van der Waals surface area contributed by atoms with Crippen LogP contribution in [0.5, 0.6) is 0 Å². The Hall–Kier alpha value is -1.42. The van der Waals surface area contributed by atoms with Crippen LogP contribution in [0.15, 0.2) is 24.3 Å².